The molecule has 4 heteroatoms. The van der Waals surface area contributed by atoms with E-state index in [1.54, 1.807) is 12.4 Å². The largest absolute Gasteiger partial charge is 0.262 e. The van der Waals surface area contributed by atoms with Crippen LogP contribution in [0.4, 0.5) is 0 Å². The molecule has 0 aromatic carbocycles. The third-order valence-corrected chi connectivity index (χ3v) is 1.38. The van der Waals surface area contributed by atoms with Crippen LogP contribution in [0.2, 0.25) is 0 Å². The van der Waals surface area contributed by atoms with Crippen molar-refractivity contribution in [2.75, 3.05) is 0 Å². The molecule has 0 N–H and O–H groups in total. The number of hydrogen-bond donors (Lipinski definition) is 0. The lowest BCUT2D eigenvalue weighted by molar-refractivity contribution is 0.279. The highest BCUT2D eigenvalue weighted by Gasteiger charge is 2.08. The lowest BCUT2D eigenvalue weighted by Gasteiger charge is -1.93. The minimum atomic E-state index is 0.757. The Morgan fingerprint density at radius 3 is 3.00 bits per heavy atom. The molecule has 2 aliphatic heterocycles. The summed E-state index contributed by atoms with van der Waals surface area (Å²) in [6.45, 7) is 1.86. The fraction of sp³-hybridized carbons (Fsp3) is 0.167. The molecule has 0 aromatic heterocycles. The van der Waals surface area contributed by atoms with Crippen molar-refractivity contribution in [3.63, 3.8) is 0 Å². The molecule has 0 radical (unpaired) electrons. The van der Waals surface area contributed by atoms with Gasteiger partial charge < -0.3 is 0 Å². The minimum absolute atomic E-state index is 0.757. The molecule has 50 valence electrons. The Morgan fingerprint density at radius 1 is 1.30 bits per heavy atom. The maximum absolute atomic E-state index is 4.54. The van der Waals surface area contributed by atoms with Gasteiger partial charge in [0.25, 0.3) is 0 Å². The molecule has 10 heavy (non-hydrogen) atoms. The molecular formula is C6H5N3O. The smallest absolute Gasteiger partial charge is 0.135 e. The van der Waals surface area contributed by atoms with E-state index in [1.165, 1.54) is 0 Å². The first-order chi connectivity index (χ1) is 4.88. The zero-order valence-electron chi connectivity index (χ0n) is 5.40. The van der Waals surface area contributed by atoms with E-state index in [0.717, 1.165) is 17.0 Å². The molecule has 0 unspecified atom stereocenters. The first-order valence-electron chi connectivity index (χ1n) is 2.91. The molecule has 2 rings (SSSR count). The molecule has 2 aliphatic rings. The summed E-state index contributed by atoms with van der Waals surface area (Å²) in [5.41, 5.74) is 2.53. The topological polar surface area (TPSA) is 51.8 Å². The number of nitrogens with zero attached hydrogens (tertiary/aromatic N) is 3. The van der Waals surface area contributed by atoms with Gasteiger partial charge in [0.15, 0.2) is 0 Å². The first-order valence-corrected chi connectivity index (χ1v) is 2.91. The van der Waals surface area contributed by atoms with E-state index in [4.69, 9.17) is 0 Å². The Bertz CT molecular complexity index is 317. The lowest BCUT2D eigenvalue weighted by Crippen LogP contribution is -1.87. The van der Waals surface area contributed by atoms with Crippen molar-refractivity contribution in [1.29, 1.82) is 0 Å². The van der Waals surface area contributed by atoms with E-state index in [1.807, 2.05) is 6.92 Å². The van der Waals surface area contributed by atoms with Crippen LogP contribution >= 0.6 is 0 Å². The minimum Gasteiger partial charge on any atom is -0.262 e. The standard InChI is InChI=1S/C6H5N3O/c1-4-5-2-7-3-6(5)9-10-8-4/h2-3H,1H3. The number of hydrogen-bond acceptors (Lipinski definition) is 4. The van der Waals surface area contributed by atoms with Crippen molar-refractivity contribution in [1.82, 2.24) is 15.3 Å². The van der Waals surface area contributed by atoms with Gasteiger partial charge in [0.05, 0.1) is 11.9 Å². The third-order valence-electron chi connectivity index (χ3n) is 1.38. The molecule has 0 saturated heterocycles. The highest BCUT2D eigenvalue weighted by molar-refractivity contribution is 5.60. The molecule has 0 spiro atoms. The maximum Gasteiger partial charge on any atom is 0.135 e. The predicted octanol–water partition coefficient (Wildman–Crippen LogP) is 0.878. The van der Waals surface area contributed by atoms with Gasteiger partial charge in [-0.15, -0.1) is 0 Å². The Kier molecular flexibility index (Phi) is 0.943. The summed E-state index contributed by atoms with van der Waals surface area (Å²) in [5.74, 6) is 0. The highest BCUT2D eigenvalue weighted by atomic mass is 16.6. The van der Waals surface area contributed by atoms with Gasteiger partial charge in [-0.05, 0) is 12.1 Å². The highest BCUT2D eigenvalue weighted by Crippen LogP contribution is 2.18. The number of aromatic nitrogens is 3. The second-order valence-corrected chi connectivity index (χ2v) is 2.06. The molecule has 0 bridgehead atoms. The molecule has 4 nitrogen and oxygen atoms in total. The Balaban J connectivity index is 2.80. The van der Waals surface area contributed by atoms with Gasteiger partial charge in [-0.2, -0.15) is 0 Å². The average Bonchev–Trinajstić information content (AvgIpc) is 2.36. The van der Waals surface area contributed by atoms with E-state index in [2.05, 4.69) is 19.9 Å². The van der Waals surface area contributed by atoms with Gasteiger partial charge in [-0.3, -0.25) is 4.98 Å². The van der Waals surface area contributed by atoms with E-state index < -0.39 is 0 Å². The van der Waals surface area contributed by atoms with Crippen molar-refractivity contribution in [2.45, 2.75) is 6.92 Å². The van der Waals surface area contributed by atoms with Crippen LogP contribution in [0.3, 0.4) is 0 Å². The number of aryl methyl sites for hydroxylation is 1. The molecule has 0 fully saturated rings. The van der Waals surface area contributed by atoms with E-state index in [0.29, 0.717) is 0 Å². The molecule has 2 heterocycles. The number of fused-ring (bicyclic) bond motifs is 1. The monoisotopic (exact) mass is 135 g/mol. The van der Waals surface area contributed by atoms with Crippen LogP contribution in [0.15, 0.2) is 17.0 Å². The molecule has 0 amide bonds. The molecule has 0 aliphatic carbocycles. The Labute approximate surface area is 57.2 Å². The van der Waals surface area contributed by atoms with Gasteiger partial charge in [-0.25, -0.2) is 4.63 Å². The molecule has 0 atom stereocenters. The van der Waals surface area contributed by atoms with Crippen molar-refractivity contribution in [3.8, 4) is 11.3 Å². The fourth-order valence-electron chi connectivity index (χ4n) is 0.844. The second kappa shape index (κ2) is 1.76. The van der Waals surface area contributed by atoms with Crippen LogP contribution in [-0.2, 0) is 0 Å². The van der Waals surface area contributed by atoms with Crippen LogP contribution in [-0.4, -0.2) is 15.3 Å². The van der Waals surface area contributed by atoms with Gasteiger partial charge in [-0.1, -0.05) is 5.16 Å². The van der Waals surface area contributed by atoms with Crippen molar-refractivity contribution >= 4 is 0 Å². The summed E-state index contributed by atoms with van der Waals surface area (Å²) in [7, 11) is 0. The molecule has 0 saturated carbocycles. The second-order valence-electron chi connectivity index (χ2n) is 2.06. The zero-order chi connectivity index (χ0) is 6.97. The van der Waals surface area contributed by atoms with Crippen molar-refractivity contribution in [3.05, 3.63) is 18.1 Å². The van der Waals surface area contributed by atoms with Gasteiger partial charge >= 0.3 is 0 Å². The molecular weight excluding hydrogens is 130 g/mol. The summed E-state index contributed by atoms with van der Waals surface area (Å²) >= 11 is 0. The van der Waals surface area contributed by atoms with Crippen LogP contribution < -0.4 is 0 Å². The van der Waals surface area contributed by atoms with Crippen LogP contribution in [0.25, 0.3) is 11.3 Å². The molecule has 0 aromatic rings. The van der Waals surface area contributed by atoms with Crippen molar-refractivity contribution in [2.24, 2.45) is 0 Å². The van der Waals surface area contributed by atoms with Crippen molar-refractivity contribution < 1.29 is 4.63 Å². The van der Waals surface area contributed by atoms with Crippen LogP contribution in [0, 0.1) is 6.92 Å². The predicted molar refractivity (Wildman–Crippen MR) is 33.5 cm³/mol. The third kappa shape index (κ3) is 0.586. The lowest BCUT2D eigenvalue weighted by atomic mass is 10.2. The van der Waals surface area contributed by atoms with Crippen LogP contribution in [0.5, 0.6) is 0 Å². The SMILES string of the molecule is Cc1nonc2cncc1-2. The van der Waals surface area contributed by atoms with Gasteiger partial charge in [0, 0.05) is 11.8 Å². The first kappa shape index (κ1) is 5.34. The normalized spacial score (nSPS) is 10.5. The van der Waals surface area contributed by atoms with Gasteiger partial charge in [0.1, 0.15) is 5.69 Å². The summed E-state index contributed by atoms with van der Waals surface area (Å²) < 4.78 is 4.54. The Hall–Kier alpha value is -1.45. The summed E-state index contributed by atoms with van der Waals surface area (Å²) in [4.78, 5) is 3.90. The van der Waals surface area contributed by atoms with E-state index in [9.17, 15) is 0 Å². The summed E-state index contributed by atoms with van der Waals surface area (Å²) in [5, 5.41) is 7.31. The van der Waals surface area contributed by atoms with E-state index in [-0.39, 0.29) is 0 Å². The zero-order valence-corrected chi connectivity index (χ0v) is 5.40. The number of rotatable bonds is 0. The van der Waals surface area contributed by atoms with E-state index >= 15 is 0 Å². The summed E-state index contributed by atoms with van der Waals surface area (Å²) in [6, 6.07) is 0. The summed E-state index contributed by atoms with van der Waals surface area (Å²) in [6.07, 6.45) is 3.37. The Morgan fingerprint density at radius 2 is 2.20 bits per heavy atom. The maximum atomic E-state index is 4.54. The fourth-order valence-corrected chi connectivity index (χ4v) is 0.844. The average molecular weight is 135 g/mol. The van der Waals surface area contributed by atoms with Crippen LogP contribution in [0.1, 0.15) is 5.69 Å². The van der Waals surface area contributed by atoms with Gasteiger partial charge in [0.2, 0.25) is 0 Å². The quantitative estimate of drug-likeness (QED) is 0.538.